The highest BCUT2D eigenvalue weighted by Gasteiger charge is 2.03. The molecular formula is C16H14N2. The Bertz CT molecular complexity index is 699. The molecule has 0 N–H and O–H groups in total. The average molecular weight is 234 g/mol. The van der Waals surface area contributed by atoms with Crippen molar-refractivity contribution in [2.75, 3.05) is 4.90 Å². The molecule has 1 aliphatic heterocycles. The Hall–Kier alpha value is -2.35. The molecule has 0 radical (unpaired) electrons. The zero-order chi connectivity index (χ0) is 12.4. The van der Waals surface area contributed by atoms with Crippen molar-refractivity contribution >= 4 is 11.9 Å². The second-order valence-electron chi connectivity index (χ2n) is 4.31. The van der Waals surface area contributed by atoms with Crippen molar-refractivity contribution in [2.45, 2.75) is 6.92 Å². The van der Waals surface area contributed by atoms with Crippen LogP contribution < -0.4 is 15.5 Å². The number of allylic oxidation sites excluding steroid dienone is 1. The minimum absolute atomic E-state index is 1.00. The maximum absolute atomic E-state index is 4.60. The zero-order valence-corrected chi connectivity index (χ0v) is 10.2. The number of rotatable bonds is 1. The molecule has 0 aromatic heterocycles. The Balaban J connectivity index is 2.19. The fraction of sp³-hybridized carbons (Fsp3) is 0.0625. The van der Waals surface area contributed by atoms with Crippen LogP contribution in [0.4, 0.5) is 5.69 Å². The van der Waals surface area contributed by atoms with E-state index in [1.165, 1.54) is 0 Å². The summed E-state index contributed by atoms with van der Waals surface area (Å²) in [6.07, 6.45) is 4.17. The molecule has 0 unspecified atom stereocenters. The van der Waals surface area contributed by atoms with Gasteiger partial charge in [0, 0.05) is 23.3 Å². The van der Waals surface area contributed by atoms with Crippen molar-refractivity contribution in [2.24, 2.45) is 4.99 Å². The third-order valence-electron chi connectivity index (χ3n) is 2.89. The number of benzene rings is 2. The van der Waals surface area contributed by atoms with E-state index in [9.17, 15) is 0 Å². The van der Waals surface area contributed by atoms with E-state index in [1.54, 1.807) is 0 Å². The van der Waals surface area contributed by atoms with Crippen LogP contribution in [0.2, 0.25) is 0 Å². The number of para-hydroxylation sites is 2. The van der Waals surface area contributed by atoms with Gasteiger partial charge in [-0.2, -0.15) is 0 Å². The molecule has 2 nitrogen and oxygen atoms in total. The topological polar surface area (TPSA) is 15.6 Å². The largest absolute Gasteiger partial charge is 0.321 e. The van der Waals surface area contributed by atoms with Gasteiger partial charge in [0.2, 0.25) is 0 Å². The number of hydrogen-bond donors (Lipinski definition) is 0. The van der Waals surface area contributed by atoms with Gasteiger partial charge in [-0.3, -0.25) is 4.99 Å². The molecule has 0 saturated carbocycles. The van der Waals surface area contributed by atoms with Crippen LogP contribution in [0.1, 0.15) is 6.92 Å². The quantitative estimate of drug-likeness (QED) is 0.740. The predicted molar refractivity (Wildman–Crippen MR) is 74.4 cm³/mol. The standard InChI is InChI=1S/C16H14N2/c1-13-11-18(15-8-3-2-4-9-15)12-14-7-5-6-10-16(14)17-13/h2-12H,1H3. The number of hydrogen-bond acceptors (Lipinski definition) is 2. The maximum atomic E-state index is 4.60. The van der Waals surface area contributed by atoms with Crippen LogP contribution in [-0.2, 0) is 0 Å². The van der Waals surface area contributed by atoms with Crippen molar-refractivity contribution < 1.29 is 0 Å². The van der Waals surface area contributed by atoms with Crippen LogP contribution in [0.15, 0.2) is 71.5 Å². The van der Waals surface area contributed by atoms with E-state index >= 15 is 0 Å². The maximum Gasteiger partial charge on any atom is 0.0720 e. The molecule has 0 amide bonds. The lowest BCUT2D eigenvalue weighted by Gasteiger charge is -2.15. The minimum Gasteiger partial charge on any atom is -0.321 e. The van der Waals surface area contributed by atoms with Gasteiger partial charge in [0.25, 0.3) is 0 Å². The summed E-state index contributed by atoms with van der Waals surface area (Å²) in [5, 5.41) is 2.15. The molecule has 2 aromatic carbocycles. The second kappa shape index (κ2) is 4.49. The summed E-state index contributed by atoms with van der Waals surface area (Å²) in [5.41, 5.74) is 2.14. The van der Waals surface area contributed by atoms with Gasteiger partial charge in [0.15, 0.2) is 0 Å². The van der Waals surface area contributed by atoms with Gasteiger partial charge in [-0.05, 0) is 25.1 Å². The summed E-state index contributed by atoms with van der Waals surface area (Å²) >= 11 is 0. The molecule has 0 atom stereocenters. The van der Waals surface area contributed by atoms with Gasteiger partial charge in [0.05, 0.1) is 11.1 Å². The summed E-state index contributed by atoms with van der Waals surface area (Å²) in [7, 11) is 0. The van der Waals surface area contributed by atoms with Crippen LogP contribution in [0.5, 0.6) is 0 Å². The number of nitrogens with zero attached hydrogens (tertiary/aromatic N) is 2. The molecule has 0 aliphatic carbocycles. The number of fused-ring (bicyclic) bond motifs is 1. The number of anilines is 1. The molecule has 0 fully saturated rings. The van der Waals surface area contributed by atoms with E-state index in [0.29, 0.717) is 0 Å². The molecule has 18 heavy (non-hydrogen) atoms. The molecule has 0 saturated heterocycles. The van der Waals surface area contributed by atoms with Gasteiger partial charge in [-0.25, -0.2) is 0 Å². The van der Waals surface area contributed by atoms with Gasteiger partial charge >= 0.3 is 0 Å². The third-order valence-corrected chi connectivity index (χ3v) is 2.89. The first kappa shape index (κ1) is 10.8. The fourth-order valence-corrected chi connectivity index (χ4v) is 2.05. The molecule has 0 bridgehead atoms. The molecule has 88 valence electrons. The van der Waals surface area contributed by atoms with E-state index in [-0.39, 0.29) is 0 Å². The predicted octanol–water partition coefficient (Wildman–Crippen LogP) is 2.43. The third kappa shape index (κ3) is 2.05. The second-order valence-corrected chi connectivity index (χ2v) is 4.31. The molecule has 0 spiro atoms. The first-order chi connectivity index (χ1) is 8.83. The van der Waals surface area contributed by atoms with Crippen LogP contribution >= 0.6 is 0 Å². The van der Waals surface area contributed by atoms with Gasteiger partial charge in [-0.15, -0.1) is 0 Å². The van der Waals surface area contributed by atoms with Crippen molar-refractivity contribution in [3.05, 3.63) is 77.1 Å². The summed E-state index contributed by atoms with van der Waals surface area (Å²) < 4.78 is 0. The monoisotopic (exact) mass is 234 g/mol. The Morgan fingerprint density at radius 3 is 2.39 bits per heavy atom. The lowest BCUT2D eigenvalue weighted by Crippen LogP contribution is -2.25. The smallest absolute Gasteiger partial charge is 0.0720 e. The van der Waals surface area contributed by atoms with Gasteiger partial charge in [0.1, 0.15) is 0 Å². The van der Waals surface area contributed by atoms with Crippen LogP contribution in [-0.4, -0.2) is 0 Å². The first-order valence-electron chi connectivity index (χ1n) is 6.00. The molecular weight excluding hydrogens is 220 g/mol. The Morgan fingerprint density at radius 2 is 1.56 bits per heavy atom. The van der Waals surface area contributed by atoms with Crippen LogP contribution in [0.25, 0.3) is 6.20 Å². The van der Waals surface area contributed by atoms with Crippen LogP contribution in [0.3, 0.4) is 0 Å². The highest BCUT2D eigenvalue weighted by Crippen LogP contribution is 2.16. The highest BCUT2D eigenvalue weighted by molar-refractivity contribution is 5.62. The minimum atomic E-state index is 1.00. The van der Waals surface area contributed by atoms with E-state index in [2.05, 4.69) is 40.5 Å². The Kier molecular flexibility index (Phi) is 2.69. The molecule has 3 rings (SSSR count). The van der Waals surface area contributed by atoms with Crippen molar-refractivity contribution in [3.8, 4) is 0 Å². The highest BCUT2D eigenvalue weighted by atomic mass is 15.1. The summed E-state index contributed by atoms with van der Waals surface area (Å²) in [6.45, 7) is 2.02. The van der Waals surface area contributed by atoms with Crippen molar-refractivity contribution in [1.29, 1.82) is 0 Å². The molecule has 1 aliphatic rings. The molecule has 1 heterocycles. The SMILES string of the molecule is CC1=CN(c2ccccc2)C=c2ccccc2=N1. The summed E-state index contributed by atoms with van der Waals surface area (Å²) in [5.74, 6) is 0. The zero-order valence-electron chi connectivity index (χ0n) is 10.2. The van der Waals surface area contributed by atoms with E-state index in [1.807, 2.05) is 43.3 Å². The lowest BCUT2D eigenvalue weighted by atomic mass is 10.2. The first-order valence-corrected chi connectivity index (χ1v) is 6.00. The summed E-state index contributed by atoms with van der Waals surface area (Å²) in [6, 6.07) is 18.5. The van der Waals surface area contributed by atoms with Gasteiger partial charge in [-0.1, -0.05) is 36.4 Å². The summed E-state index contributed by atoms with van der Waals surface area (Å²) in [4.78, 5) is 6.72. The molecule has 2 aromatic rings. The van der Waals surface area contributed by atoms with Crippen molar-refractivity contribution in [3.63, 3.8) is 0 Å². The van der Waals surface area contributed by atoms with E-state index < -0.39 is 0 Å². The van der Waals surface area contributed by atoms with E-state index in [0.717, 1.165) is 22.0 Å². The van der Waals surface area contributed by atoms with Crippen LogP contribution in [0, 0.1) is 0 Å². The average Bonchev–Trinajstić information content (AvgIpc) is 2.57. The molecule has 2 heteroatoms. The lowest BCUT2D eigenvalue weighted by molar-refractivity contribution is 1.18. The van der Waals surface area contributed by atoms with Gasteiger partial charge < -0.3 is 4.90 Å². The van der Waals surface area contributed by atoms with Crippen molar-refractivity contribution in [1.82, 2.24) is 0 Å². The van der Waals surface area contributed by atoms with E-state index in [4.69, 9.17) is 0 Å². The fourth-order valence-electron chi connectivity index (χ4n) is 2.05. The Morgan fingerprint density at radius 1 is 0.833 bits per heavy atom. The normalized spacial score (nSPS) is 13.8. The Labute approximate surface area is 106 Å².